The Morgan fingerprint density at radius 1 is 1.18 bits per heavy atom. The Hall–Kier alpha value is -3.11. The van der Waals surface area contributed by atoms with Crippen molar-refractivity contribution in [3.8, 4) is 22.6 Å². The van der Waals surface area contributed by atoms with Gasteiger partial charge in [0.1, 0.15) is 11.5 Å². The zero-order chi connectivity index (χ0) is 27.5. The number of methoxy groups -OCH3 is 2. The highest BCUT2D eigenvalue weighted by Gasteiger charge is 2.36. The number of nitrogens with one attached hydrogen (secondary N) is 1. The number of nitrogens with zero attached hydrogens (tertiary/aromatic N) is 4. The number of hydrogen-bond acceptors (Lipinski definition) is 8. The monoisotopic (exact) mass is 571 g/mol. The number of morpholine rings is 1. The fourth-order valence-corrected chi connectivity index (χ4v) is 5.96. The van der Waals surface area contributed by atoms with Crippen molar-refractivity contribution in [1.29, 1.82) is 0 Å². The summed E-state index contributed by atoms with van der Waals surface area (Å²) in [5.74, 6) is 1.39. The molecule has 0 aliphatic carbocycles. The maximum Gasteiger partial charge on any atom is 0.246 e. The van der Waals surface area contributed by atoms with Gasteiger partial charge in [0.05, 0.1) is 43.0 Å². The van der Waals surface area contributed by atoms with Crippen molar-refractivity contribution in [2.75, 3.05) is 58.9 Å². The number of ether oxygens (including phenoxy) is 3. The van der Waals surface area contributed by atoms with Crippen LogP contribution in [0.15, 0.2) is 43.1 Å². The van der Waals surface area contributed by atoms with Gasteiger partial charge < -0.3 is 24.4 Å². The number of fused-ring (bicyclic) bond motifs is 1. The van der Waals surface area contributed by atoms with Crippen LogP contribution in [0.4, 0.5) is 5.95 Å². The Balaban J connectivity index is 1.35. The van der Waals surface area contributed by atoms with Crippen molar-refractivity contribution < 1.29 is 19.0 Å². The molecule has 0 spiro atoms. The summed E-state index contributed by atoms with van der Waals surface area (Å²) >= 11 is 13.2. The van der Waals surface area contributed by atoms with Crippen molar-refractivity contribution in [2.24, 2.45) is 0 Å². The van der Waals surface area contributed by atoms with Crippen LogP contribution in [0.5, 0.6) is 11.5 Å². The zero-order valence-electron chi connectivity index (χ0n) is 22.0. The van der Waals surface area contributed by atoms with E-state index in [-0.39, 0.29) is 18.0 Å². The molecule has 3 aromatic rings. The van der Waals surface area contributed by atoms with Gasteiger partial charge in [-0.3, -0.25) is 9.69 Å². The number of halogens is 2. The first kappa shape index (κ1) is 27.5. The molecule has 2 atom stereocenters. The van der Waals surface area contributed by atoms with Crippen LogP contribution >= 0.6 is 23.2 Å². The molecule has 9 nitrogen and oxygen atoms in total. The fraction of sp³-hybridized carbons (Fsp3) is 0.393. The van der Waals surface area contributed by atoms with Gasteiger partial charge in [-0.25, -0.2) is 9.97 Å². The summed E-state index contributed by atoms with van der Waals surface area (Å²) in [6.07, 6.45) is 3.95. The van der Waals surface area contributed by atoms with Crippen molar-refractivity contribution in [3.05, 3.63) is 53.2 Å². The van der Waals surface area contributed by atoms with Crippen LogP contribution in [0.1, 0.15) is 6.42 Å². The number of likely N-dealkylation sites (tertiary alicyclic amines) is 1. The van der Waals surface area contributed by atoms with E-state index < -0.39 is 0 Å². The van der Waals surface area contributed by atoms with Gasteiger partial charge in [0.25, 0.3) is 0 Å². The van der Waals surface area contributed by atoms with Crippen molar-refractivity contribution in [2.45, 2.75) is 18.5 Å². The zero-order valence-corrected chi connectivity index (χ0v) is 23.5. The molecule has 2 aliphatic heterocycles. The van der Waals surface area contributed by atoms with Gasteiger partial charge in [-0.1, -0.05) is 35.8 Å². The SMILES string of the molecule is C=CC(=O)N1C[C@@H](Nc2ncc3cc(-c4c(Cl)c(OC)cc(OC)c4Cl)ccc3n2)C[C@H]1CN1CCOCC1. The molecular formula is C28H31Cl2N5O4. The largest absolute Gasteiger partial charge is 0.495 e. The highest BCUT2D eigenvalue weighted by atomic mass is 35.5. The van der Waals surface area contributed by atoms with E-state index in [9.17, 15) is 4.79 Å². The first-order valence-corrected chi connectivity index (χ1v) is 13.5. The fourth-order valence-electron chi connectivity index (χ4n) is 5.24. The molecule has 1 N–H and O–H groups in total. The number of rotatable bonds is 8. The summed E-state index contributed by atoms with van der Waals surface area (Å²) < 4.78 is 16.3. The maximum atomic E-state index is 12.6. The van der Waals surface area contributed by atoms with Gasteiger partial charge in [0.2, 0.25) is 11.9 Å². The van der Waals surface area contributed by atoms with Gasteiger partial charge in [-0.15, -0.1) is 0 Å². The highest BCUT2D eigenvalue weighted by Crippen LogP contribution is 2.46. The second-order valence-electron chi connectivity index (χ2n) is 9.59. The minimum Gasteiger partial charge on any atom is -0.495 e. The molecule has 0 saturated carbocycles. The van der Waals surface area contributed by atoms with E-state index in [1.165, 1.54) is 6.08 Å². The van der Waals surface area contributed by atoms with Gasteiger partial charge >= 0.3 is 0 Å². The first-order chi connectivity index (χ1) is 18.9. The quantitative estimate of drug-likeness (QED) is 0.395. The summed E-state index contributed by atoms with van der Waals surface area (Å²) in [6.45, 7) is 8.25. The third-order valence-electron chi connectivity index (χ3n) is 7.22. The number of aromatic nitrogens is 2. The summed E-state index contributed by atoms with van der Waals surface area (Å²) in [6, 6.07) is 7.52. The summed E-state index contributed by atoms with van der Waals surface area (Å²) in [5.41, 5.74) is 2.17. The molecule has 2 fully saturated rings. The summed E-state index contributed by atoms with van der Waals surface area (Å²) in [4.78, 5) is 26.1. The molecule has 5 rings (SSSR count). The van der Waals surface area contributed by atoms with E-state index in [2.05, 4.69) is 21.8 Å². The molecular weight excluding hydrogens is 541 g/mol. The molecule has 0 bridgehead atoms. The van der Waals surface area contributed by atoms with Crippen LogP contribution < -0.4 is 14.8 Å². The van der Waals surface area contributed by atoms with Crippen LogP contribution in [0.25, 0.3) is 22.0 Å². The van der Waals surface area contributed by atoms with Crippen molar-refractivity contribution in [3.63, 3.8) is 0 Å². The van der Waals surface area contributed by atoms with Crippen LogP contribution in [0, 0.1) is 0 Å². The molecule has 2 aliphatic rings. The molecule has 39 heavy (non-hydrogen) atoms. The van der Waals surface area contributed by atoms with Gasteiger partial charge in [0.15, 0.2) is 0 Å². The molecule has 2 aromatic carbocycles. The van der Waals surface area contributed by atoms with E-state index in [4.69, 9.17) is 42.4 Å². The lowest BCUT2D eigenvalue weighted by molar-refractivity contribution is -0.127. The van der Waals surface area contributed by atoms with E-state index in [0.29, 0.717) is 39.6 Å². The number of amides is 1. The lowest BCUT2D eigenvalue weighted by atomic mass is 10.0. The van der Waals surface area contributed by atoms with Crippen LogP contribution in [-0.2, 0) is 9.53 Å². The molecule has 3 heterocycles. The number of anilines is 1. The van der Waals surface area contributed by atoms with E-state index in [1.54, 1.807) is 26.5 Å². The molecule has 1 aromatic heterocycles. The Kier molecular flexibility index (Phi) is 8.42. The third kappa shape index (κ3) is 5.77. The molecule has 1 amide bonds. The average molecular weight is 572 g/mol. The number of hydrogen-bond donors (Lipinski definition) is 1. The average Bonchev–Trinajstić information content (AvgIpc) is 3.35. The molecule has 206 valence electrons. The van der Waals surface area contributed by atoms with E-state index in [1.807, 2.05) is 23.1 Å². The van der Waals surface area contributed by atoms with Crippen LogP contribution in [-0.4, -0.2) is 91.4 Å². The first-order valence-electron chi connectivity index (χ1n) is 12.8. The molecule has 0 radical (unpaired) electrons. The third-order valence-corrected chi connectivity index (χ3v) is 7.97. The lowest BCUT2D eigenvalue weighted by Crippen LogP contribution is -2.46. The Morgan fingerprint density at radius 3 is 2.56 bits per heavy atom. The standard InChI is InChI=1S/C28H31Cl2N5O4/c1-4-24(36)35-15-19(12-20(35)16-34-7-9-39-10-8-34)32-28-31-14-18-11-17(5-6-21(18)33-28)25-26(29)22(37-2)13-23(38-3)27(25)30/h4-6,11,13-14,19-20H,1,7-10,12,15-16H2,2-3H3,(H,31,32,33)/t19-,20-/m0/s1. The number of carbonyl (C=O) groups is 1. The van der Waals surface area contributed by atoms with Gasteiger partial charge in [0, 0.05) is 61.5 Å². The second kappa shape index (κ2) is 12.0. The van der Waals surface area contributed by atoms with Crippen molar-refractivity contribution >= 4 is 46.0 Å². The number of benzene rings is 2. The smallest absolute Gasteiger partial charge is 0.246 e. The maximum absolute atomic E-state index is 12.6. The molecule has 11 heteroatoms. The van der Waals surface area contributed by atoms with Crippen molar-refractivity contribution in [1.82, 2.24) is 19.8 Å². The predicted molar refractivity (Wildman–Crippen MR) is 153 cm³/mol. The van der Waals surface area contributed by atoms with Gasteiger partial charge in [-0.05, 0) is 30.2 Å². The lowest BCUT2D eigenvalue weighted by Gasteiger charge is -2.32. The second-order valence-corrected chi connectivity index (χ2v) is 10.3. The summed E-state index contributed by atoms with van der Waals surface area (Å²) in [5, 5.41) is 5.05. The Morgan fingerprint density at radius 2 is 1.90 bits per heavy atom. The normalized spacial score (nSPS) is 19.7. The molecule has 2 saturated heterocycles. The van der Waals surface area contributed by atoms with E-state index in [0.717, 1.165) is 55.7 Å². The Bertz CT molecular complexity index is 1350. The molecule has 0 unspecified atom stereocenters. The summed E-state index contributed by atoms with van der Waals surface area (Å²) in [7, 11) is 3.09. The minimum absolute atomic E-state index is 0.0264. The topological polar surface area (TPSA) is 89.1 Å². The number of carbonyl (C=O) groups excluding carboxylic acids is 1. The Labute approximate surface area is 237 Å². The van der Waals surface area contributed by atoms with Gasteiger partial charge in [-0.2, -0.15) is 0 Å². The van der Waals surface area contributed by atoms with Crippen LogP contribution in [0.3, 0.4) is 0 Å². The minimum atomic E-state index is -0.0592. The highest BCUT2D eigenvalue weighted by molar-refractivity contribution is 6.41. The van der Waals surface area contributed by atoms with Crippen LogP contribution in [0.2, 0.25) is 10.0 Å². The van der Waals surface area contributed by atoms with E-state index >= 15 is 0 Å². The predicted octanol–water partition coefficient (Wildman–Crippen LogP) is 4.52.